The van der Waals surface area contributed by atoms with Crippen LogP contribution in [0.25, 0.3) is 83.0 Å². The highest BCUT2D eigenvalue weighted by Gasteiger charge is 2.27. The van der Waals surface area contributed by atoms with Gasteiger partial charge in [0.15, 0.2) is 0 Å². The van der Waals surface area contributed by atoms with Gasteiger partial charge in [0.05, 0.1) is 33.1 Å². The summed E-state index contributed by atoms with van der Waals surface area (Å²) in [5.74, 6) is 4.98. The van der Waals surface area contributed by atoms with E-state index in [1.807, 2.05) is 60.9 Å². The third-order valence-electron chi connectivity index (χ3n) is 12.7. The van der Waals surface area contributed by atoms with Gasteiger partial charge in [-0.1, -0.05) is 90.1 Å². The zero-order valence-corrected chi connectivity index (χ0v) is 38.1. The number of hydrogen-bond acceptors (Lipinski definition) is 7. The van der Waals surface area contributed by atoms with Gasteiger partial charge in [0, 0.05) is 69.0 Å². The van der Waals surface area contributed by atoms with Crippen molar-refractivity contribution >= 4 is 65.4 Å². The molecule has 6 aromatic heterocycles. The SMILES string of the molecule is CC(C)(C)c1cc(Oc2ccc3c4ccc(Oc5cc(C(C)(C)C)c6c7ccccc7n(-c7ccccn7)c6c5)cc4n(-c4ncncn4)c3c2)cc2c1c1ccccc1n2-c1ccccn1. The number of hydrogen-bond donors (Lipinski definition) is 0. The Hall–Kier alpha value is -8.37. The fourth-order valence-corrected chi connectivity index (χ4v) is 9.85. The maximum atomic E-state index is 6.91. The molecule has 6 aromatic carbocycles. The Morgan fingerprint density at radius 2 is 0.806 bits per heavy atom. The summed E-state index contributed by atoms with van der Waals surface area (Å²) in [6.07, 6.45) is 6.72. The number of rotatable bonds is 7. The summed E-state index contributed by atoms with van der Waals surface area (Å²) in [7, 11) is 0. The minimum Gasteiger partial charge on any atom is -0.457 e. The molecule has 0 aliphatic carbocycles. The predicted octanol–water partition coefficient (Wildman–Crippen LogP) is 14.1. The Labute approximate surface area is 386 Å². The maximum Gasteiger partial charge on any atom is 0.237 e. The van der Waals surface area contributed by atoms with Crippen molar-refractivity contribution in [1.29, 1.82) is 0 Å². The smallest absolute Gasteiger partial charge is 0.237 e. The van der Waals surface area contributed by atoms with Gasteiger partial charge in [0.1, 0.15) is 47.3 Å². The average Bonchev–Trinajstić information content (AvgIpc) is 3.96. The first-order valence-electron chi connectivity index (χ1n) is 22.5. The van der Waals surface area contributed by atoms with E-state index in [0.717, 1.165) is 67.0 Å². The summed E-state index contributed by atoms with van der Waals surface area (Å²) >= 11 is 0. The van der Waals surface area contributed by atoms with Crippen LogP contribution in [-0.2, 0) is 10.8 Å². The Bertz CT molecular complexity index is 3640. The predicted molar refractivity (Wildman–Crippen MR) is 269 cm³/mol. The average molecular weight is 875 g/mol. The highest BCUT2D eigenvalue weighted by Crippen LogP contribution is 2.45. The molecule has 0 spiro atoms. The van der Waals surface area contributed by atoms with Crippen molar-refractivity contribution in [3.8, 4) is 40.6 Å². The molecular formula is C57H46N8O2. The second-order valence-electron chi connectivity index (χ2n) is 19.1. The number of para-hydroxylation sites is 2. The lowest BCUT2D eigenvalue weighted by atomic mass is 9.84. The van der Waals surface area contributed by atoms with E-state index >= 15 is 0 Å². The van der Waals surface area contributed by atoms with Gasteiger partial charge in [-0.2, -0.15) is 0 Å². The van der Waals surface area contributed by atoms with Crippen molar-refractivity contribution in [3.05, 3.63) is 182 Å². The molecule has 10 heteroatoms. The van der Waals surface area contributed by atoms with E-state index in [2.05, 4.69) is 167 Å². The summed E-state index contributed by atoms with van der Waals surface area (Å²) in [5.41, 5.74) is 7.99. The molecule has 0 unspecified atom stereocenters. The fourth-order valence-electron chi connectivity index (χ4n) is 9.85. The normalized spacial score (nSPS) is 12.3. The van der Waals surface area contributed by atoms with E-state index in [4.69, 9.17) is 19.4 Å². The standard InChI is InChI=1S/C57H46N8O2/c1-56(2,3)43-27-37(31-49-53(43)41-15-7-9-17-45(41)63(49)51-19-11-13-25-59-51)66-35-21-23-39-40-24-22-36(30-48(40)65(47(39)29-35)55-61-33-58-34-62-55)67-38-28-44(57(4,5)6)54-42-16-8-10-18-46(42)64(50(54)32-38)52-20-12-14-26-60-52/h7-34H,1-6H3. The summed E-state index contributed by atoms with van der Waals surface area (Å²) in [4.78, 5) is 23.0. The number of nitrogens with zero attached hydrogens (tertiary/aromatic N) is 8. The summed E-state index contributed by atoms with van der Waals surface area (Å²) < 4.78 is 20.3. The van der Waals surface area contributed by atoms with Gasteiger partial charge in [0.25, 0.3) is 0 Å². The maximum absolute atomic E-state index is 6.91. The summed E-state index contributed by atoms with van der Waals surface area (Å²) in [6.45, 7) is 13.5. The Morgan fingerprint density at radius 3 is 1.24 bits per heavy atom. The molecule has 12 aromatic rings. The number of benzene rings is 6. The van der Waals surface area contributed by atoms with Crippen LogP contribution in [0.15, 0.2) is 171 Å². The summed E-state index contributed by atoms with van der Waals surface area (Å²) in [6, 6.07) is 50.2. The monoisotopic (exact) mass is 874 g/mol. The number of fused-ring (bicyclic) bond motifs is 9. The zero-order valence-electron chi connectivity index (χ0n) is 38.1. The number of ether oxygens (including phenoxy) is 2. The second kappa shape index (κ2) is 15.1. The Kier molecular flexibility index (Phi) is 9.05. The topological polar surface area (TPSA) is 97.7 Å². The Morgan fingerprint density at radius 1 is 0.373 bits per heavy atom. The van der Waals surface area contributed by atoms with E-state index in [0.29, 0.717) is 17.4 Å². The van der Waals surface area contributed by atoms with Gasteiger partial charge in [-0.15, -0.1) is 0 Å². The van der Waals surface area contributed by atoms with E-state index in [9.17, 15) is 0 Å². The first kappa shape index (κ1) is 40.2. The van der Waals surface area contributed by atoms with Crippen molar-refractivity contribution in [2.75, 3.05) is 0 Å². The molecule has 326 valence electrons. The molecule has 0 aliphatic heterocycles. The van der Waals surface area contributed by atoms with Crippen LogP contribution < -0.4 is 9.47 Å². The highest BCUT2D eigenvalue weighted by molar-refractivity contribution is 6.13. The van der Waals surface area contributed by atoms with Crippen LogP contribution in [0.2, 0.25) is 0 Å². The molecule has 0 saturated heterocycles. The lowest BCUT2D eigenvalue weighted by molar-refractivity contribution is 0.480. The van der Waals surface area contributed by atoms with E-state index in [-0.39, 0.29) is 10.8 Å². The van der Waals surface area contributed by atoms with Crippen LogP contribution >= 0.6 is 0 Å². The van der Waals surface area contributed by atoms with Crippen molar-refractivity contribution in [1.82, 2.24) is 38.6 Å². The number of pyridine rings is 2. The quantitative estimate of drug-likeness (QED) is 0.157. The molecule has 0 N–H and O–H groups in total. The molecule has 10 nitrogen and oxygen atoms in total. The highest BCUT2D eigenvalue weighted by atomic mass is 16.5. The van der Waals surface area contributed by atoms with Crippen molar-refractivity contribution < 1.29 is 9.47 Å². The molecule has 0 bridgehead atoms. The van der Waals surface area contributed by atoms with Crippen molar-refractivity contribution in [2.45, 2.75) is 52.4 Å². The fraction of sp³-hybridized carbons (Fsp3) is 0.140. The molecule has 0 radical (unpaired) electrons. The largest absolute Gasteiger partial charge is 0.457 e. The molecular weight excluding hydrogens is 829 g/mol. The molecule has 67 heavy (non-hydrogen) atoms. The minimum atomic E-state index is -0.191. The number of aromatic nitrogens is 8. The van der Waals surface area contributed by atoms with Gasteiger partial charge in [-0.3, -0.25) is 13.7 Å². The molecule has 0 atom stereocenters. The Balaban J connectivity index is 1.00. The van der Waals surface area contributed by atoms with E-state index in [1.165, 1.54) is 45.3 Å². The third-order valence-corrected chi connectivity index (χ3v) is 12.7. The minimum absolute atomic E-state index is 0.191. The van der Waals surface area contributed by atoms with Crippen LogP contribution in [0.5, 0.6) is 23.0 Å². The lowest BCUT2D eigenvalue weighted by Gasteiger charge is -2.22. The first-order chi connectivity index (χ1) is 32.5. The molecule has 6 heterocycles. The van der Waals surface area contributed by atoms with Crippen molar-refractivity contribution in [2.24, 2.45) is 0 Å². The molecule has 0 aliphatic rings. The molecule has 12 rings (SSSR count). The molecule has 0 saturated carbocycles. The van der Waals surface area contributed by atoms with Crippen LogP contribution in [0, 0.1) is 0 Å². The first-order valence-corrected chi connectivity index (χ1v) is 22.5. The van der Waals surface area contributed by atoms with Gasteiger partial charge < -0.3 is 9.47 Å². The molecule has 0 fully saturated rings. The van der Waals surface area contributed by atoms with Crippen LogP contribution in [0.1, 0.15) is 52.7 Å². The van der Waals surface area contributed by atoms with Gasteiger partial charge in [-0.05, 0) is 94.8 Å². The van der Waals surface area contributed by atoms with Crippen molar-refractivity contribution in [3.63, 3.8) is 0 Å². The second-order valence-corrected chi connectivity index (χ2v) is 19.1. The van der Waals surface area contributed by atoms with Gasteiger partial charge >= 0.3 is 0 Å². The van der Waals surface area contributed by atoms with E-state index < -0.39 is 0 Å². The summed E-state index contributed by atoms with van der Waals surface area (Å²) in [5, 5.41) is 6.77. The van der Waals surface area contributed by atoms with Crippen LogP contribution in [0.4, 0.5) is 0 Å². The van der Waals surface area contributed by atoms with E-state index in [1.54, 1.807) is 0 Å². The van der Waals surface area contributed by atoms with Gasteiger partial charge in [0.2, 0.25) is 5.95 Å². The van der Waals surface area contributed by atoms with Crippen LogP contribution in [-0.4, -0.2) is 38.6 Å². The van der Waals surface area contributed by atoms with Gasteiger partial charge in [-0.25, -0.2) is 24.9 Å². The molecule has 0 amide bonds. The lowest BCUT2D eigenvalue weighted by Crippen LogP contribution is -2.12. The van der Waals surface area contributed by atoms with Crippen LogP contribution in [0.3, 0.4) is 0 Å². The third kappa shape index (κ3) is 6.66. The zero-order chi connectivity index (χ0) is 45.6.